The molecule has 1 amide bonds. The van der Waals surface area contributed by atoms with Crippen LogP contribution in [0.1, 0.15) is 19.8 Å². The summed E-state index contributed by atoms with van der Waals surface area (Å²) in [7, 11) is -3.08. The van der Waals surface area contributed by atoms with Crippen LogP contribution < -0.4 is 5.56 Å². The molecule has 4 rings (SSSR count). The third-order valence-electron chi connectivity index (χ3n) is 5.18. The van der Waals surface area contributed by atoms with Crippen molar-refractivity contribution in [1.82, 2.24) is 24.6 Å². The first-order chi connectivity index (χ1) is 14.9. The molecule has 1 saturated heterocycles. The van der Waals surface area contributed by atoms with Crippen molar-refractivity contribution in [2.45, 2.75) is 31.0 Å². The van der Waals surface area contributed by atoms with E-state index in [1.807, 2.05) is 37.3 Å². The molecule has 0 aliphatic carbocycles. The van der Waals surface area contributed by atoms with E-state index in [2.05, 4.69) is 15.1 Å². The van der Waals surface area contributed by atoms with Crippen molar-refractivity contribution in [2.24, 2.45) is 0 Å². The van der Waals surface area contributed by atoms with Crippen molar-refractivity contribution in [3.8, 4) is 5.69 Å². The average molecular weight is 462 g/mol. The molecule has 0 radical (unpaired) electrons. The summed E-state index contributed by atoms with van der Waals surface area (Å²) >= 11 is 1.13. The SMILES string of the molecule is CCCN(C(=O)CSc1nc2c(cnn2-c2ccccc2)c(=O)[nH]1)[C@@H]1CCS(=O)(=O)C1. The van der Waals surface area contributed by atoms with Gasteiger partial charge in [0.05, 0.1) is 29.1 Å². The molecule has 0 saturated carbocycles. The van der Waals surface area contributed by atoms with Crippen LogP contribution in [0.2, 0.25) is 0 Å². The van der Waals surface area contributed by atoms with Crippen LogP contribution in [0.5, 0.6) is 0 Å². The first-order valence-corrected chi connectivity index (χ1v) is 12.8. The molecule has 9 nitrogen and oxygen atoms in total. The molecule has 164 valence electrons. The predicted octanol–water partition coefficient (Wildman–Crippen LogP) is 1.63. The van der Waals surface area contributed by atoms with E-state index in [-0.39, 0.29) is 34.8 Å². The van der Waals surface area contributed by atoms with Gasteiger partial charge in [0.15, 0.2) is 20.6 Å². The van der Waals surface area contributed by atoms with Crippen molar-refractivity contribution in [1.29, 1.82) is 0 Å². The number of thioether (sulfide) groups is 1. The maximum Gasteiger partial charge on any atom is 0.262 e. The van der Waals surface area contributed by atoms with Crippen molar-refractivity contribution in [2.75, 3.05) is 23.8 Å². The fourth-order valence-electron chi connectivity index (χ4n) is 3.71. The maximum atomic E-state index is 12.9. The Morgan fingerprint density at radius 3 is 2.77 bits per heavy atom. The van der Waals surface area contributed by atoms with Gasteiger partial charge in [0.2, 0.25) is 5.91 Å². The zero-order valence-corrected chi connectivity index (χ0v) is 18.7. The van der Waals surface area contributed by atoms with Gasteiger partial charge in [-0.15, -0.1) is 0 Å². The Labute approximate surface area is 183 Å². The van der Waals surface area contributed by atoms with Gasteiger partial charge in [-0.25, -0.2) is 18.1 Å². The monoisotopic (exact) mass is 461 g/mol. The van der Waals surface area contributed by atoms with E-state index in [4.69, 9.17) is 0 Å². The summed E-state index contributed by atoms with van der Waals surface area (Å²) in [5.74, 6) is 0.0339. The normalized spacial score (nSPS) is 17.8. The van der Waals surface area contributed by atoms with E-state index in [1.54, 1.807) is 9.58 Å². The van der Waals surface area contributed by atoms with Gasteiger partial charge in [-0.1, -0.05) is 36.9 Å². The van der Waals surface area contributed by atoms with Crippen LogP contribution in [-0.4, -0.2) is 68.8 Å². The Kier molecular flexibility index (Phi) is 6.15. The van der Waals surface area contributed by atoms with Crippen LogP contribution in [0.25, 0.3) is 16.7 Å². The molecule has 3 aromatic rings. The second-order valence-corrected chi connectivity index (χ2v) is 10.6. The number of benzene rings is 1. The number of aromatic amines is 1. The summed E-state index contributed by atoms with van der Waals surface area (Å²) in [6.45, 7) is 2.46. The number of carbonyl (C=O) groups is 1. The number of amides is 1. The lowest BCUT2D eigenvalue weighted by molar-refractivity contribution is -0.130. The molecular weight excluding hydrogens is 438 g/mol. The second-order valence-electron chi connectivity index (χ2n) is 7.43. The highest BCUT2D eigenvalue weighted by Crippen LogP contribution is 2.22. The van der Waals surface area contributed by atoms with Crippen LogP contribution in [0.4, 0.5) is 0 Å². The molecule has 3 heterocycles. The molecule has 2 aromatic heterocycles. The third kappa shape index (κ3) is 4.67. The van der Waals surface area contributed by atoms with Gasteiger partial charge < -0.3 is 9.88 Å². The van der Waals surface area contributed by atoms with Gasteiger partial charge in [0.1, 0.15) is 5.39 Å². The number of para-hydroxylation sites is 1. The molecule has 0 unspecified atom stereocenters. The maximum absolute atomic E-state index is 12.9. The molecule has 31 heavy (non-hydrogen) atoms. The van der Waals surface area contributed by atoms with E-state index < -0.39 is 9.84 Å². The van der Waals surface area contributed by atoms with Crippen LogP contribution in [0.15, 0.2) is 46.5 Å². The van der Waals surface area contributed by atoms with Gasteiger partial charge in [-0.05, 0) is 25.0 Å². The minimum atomic E-state index is -3.08. The average Bonchev–Trinajstić information content (AvgIpc) is 3.34. The zero-order valence-electron chi connectivity index (χ0n) is 17.0. The Hall–Kier alpha value is -2.66. The first kappa shape index (κ1) is 21.6. The van der Waals surface area contributed by atoms with Gasteiger partial charge >= 0.3 is 0 Å². The summed E-state index contributed by atoms with van der Waals surface area (Å²) in [6, 6.07) is 9.08. The number of fused-ring (bicyclic) bond motifs is 1. The van der Waals surface area contributed by atoms with Crippen LogP contribution >= 0.6 is 11.8 Å². The van der Waals surface area contributed by atoms with E-state index in [1.165, 1.54) is 6.20 Å². The minimum absolute atomic E-state index is 0.0146. The van der Waals surface area contributed by atoms with Gasteiger partial charge in [-0.2, -0.15) is 5.10 Å². The Bertz CT molecular complexity index is 1250. The fraction of sp³-hybridized carbons (Fsp3) is 0.400. The number of nitrogens with zero attached hydrogens (tertiary/aromatic N) is 4. The molecule has 1 N–H and O–H groups in total. The summed E-state index contributed by atoms with van der Waals surface area (Å²) in [6.07, 6.45) is 2.68. The summed E-state index contributed by atoms with van der Waals surface area (Å²) in [5.41, 5.74) is 0.867. The molecular formula is C20H23N5O4S2. The number of nitrogens with one attached hydrogen (secondary N) is 1. The summed E-state index contributed by atoms with van der Waals surface area (Å²) in [4.78, 5) is 34.2. The Morgan fingerprint density at radius 1 is 1.32 bits per heavy atom. The number of H-pyrrole nitrogens is 1. The van der Waals surface area contributed by atoms with E-state index in [9.17, 15) is 18.0 Å². The third-order valence-corrected chi connectivity index (χ3v) is 7.79. The second kappa shape index (κ2) is 8.83. The number of rotatable bonds is 7. The highest BCUT2D eigenvalue weighted by atomic mass is 32.2. The highest BCUT2D eigenvalue weighted by molar-refractivity contribution is 7.99. The first-order valence-electron chi connectivity index (χ1n) is 10.0. The molecule has 1 fully saturated rings. The smallest absolute Gasteiger partial charge is 0.262 e. The number of hydrogen-bond acceptors (Lipinski definition) is 7. The standard InChI is InChI=1S/C20H23N5O4S2/c1-2-9-24(15-8-10-31(28,29)13-15)17(26)12-30-20-22-18-16(19(27)23-20)11-21-25(18)14-6-4-3-5-7-14/h3-7,11,15H,2,8-10,12-13H2,1H3,(H,22,23,27)/t15-/m1/s1. The van der Waals surface area contributed by atoms with E-state index in [0.717, 1.165) is 23.9 Å². The lowest BCUT2D eigenvalue weighted by Gasteiger charge is -2.27. The number of sulfone groups is 1. The lowest BCUT2D eigenvalue weighted by atomic mass is 10.2. The van der Waals surface area contributed by atoms with Crippen molar-refractivity contribution >= 4 is 38.5 Å². The Morgan fingerprint density at radius 2 is 2.10 bits per heavy atom. The van der Waals surface area contributed by atoms with E-state index >= 15 is 0 Å². The summed E-state index contributed by atoms with van der Waals surface area (Å²) in [5, 5.41) is 4.96. The summed E-state index contributed by atoms with van der Waals surface area (Å²) < 4.78 is 25.3. The van der Waals surface area contributed by atoms with Gasteiger partial charge in [-0.3, -0.25) is 9.59 Å². The molecule has 1 aromatic carbocycles. The highest BCUT2D eigenvalue weighted by Gasteiger charge is 2.34. The number of hydrogen-bond donors (Lipinski definition) is 1. The molecule has 0 spiro atoms. The van der Waals surface area contributed by atoms with E-state index in [0.29, 0.717) is 29.2 Å². The molecule has 11 heteroatoms. The van der Waals surface area contributed by atoms with Crippen LogP contribution in [-0.2, 0) is 14.6 Å². The molecule has 1 aliphatic heterocycles. The van der Waals surface area contributed by atoms with Crippen LogP contribution in [0.3, 0.4) is 0 Å². The minimum Gasteiger partial charge on any atom is -0.338 e. The topological polar surface area (TPSA) is 118 Å². The lowest BCUT2D eigenvalue weighted by Crippen LogP contribution is -2.42. The fourth-order valence-corrected chi connectivity index (χ4v) is 6.18. The van der Waals surface area contributed by atoms with Gasteiger partial charge in [0, 0.05) is 12.6 Å². The molecule has 1 aliphatic rings. The number of carbonyl (C=O) groups excluding carboxylic acids is 1. The Balaban J connectivity index is 1.54. The quantitative estimate of drug-likeness (QED) is 0.420. The van der Waals surface area contributed by atoms with Crippen molar-refractivity contribution in [3.63, 3.8) is 0 Å². The molecule has 0 bridgehead atoms. The van der Waals surface area contributed by atoms with Gasteiger partial charge in [0.25, 0.3) is 5.56 Å². The predicted molar refractivity (Wildman–Crippen MR) is 119 cm³/mol. The molecule has 1 atom stereocenters. The number of aromatic nitrogens is 4. The zero-order chi connectivity index (χ0) is 22.0. The van der Waals surface area contributed by atoms with Crippen LogP contribution in [0, 0.1) is 0 Å². The van der Waals surface area contributed by atoms with Crippen molar-refractivity contribution < 1.29 is 13.2 Å². The van der Waals surface area contributed by atoms with Crippen molar-refractivity contribution in [3.05, 3.63) is 46.9 Å². The largest absolute Gasteiger partial charge is 0.338 e.